The molecule has 0 aliphatic carbocycles. The number of hydrogen-bond acceptors (Lipinski definition) is 3. The van der Waals surface area contributed by atoms with Gasteiger partial charge in [0.05, 0.1) is 18.2 Å². The summed E-state index contributed by atoms with van der Waals surface area (Å²) in [6.07, 6.45) is 0. The van der Waals surface area contributed by atoms with Crippen molar-refractivity contribution in [3.05, 3.63) is 65.2 Å². The van der Waals surface area contributed by atoms with Gasteiger partial charge in [0, 0.05) is 12.2 Å². The molecule has 0 unspecified atom stereocenters. The number of nitriles is 1. The SMILES string of the molecule is CC(C)c1ccc(CN(C)CC(=O)Nc2ccc(C#N)cc2)cc1. The fraction of sp³-hybridized carbons (Fsp3) is 0.300. The van der Waals surface area contributed by atoms with Crippen LogP contribution in [0.25, 0.3) is 0 Å². The van der Waals surface area contributed by atoms with Gasteiger partial charge in [0.15, 0.2) is 0 Å². The lowest BCUT2D eigenvalue weighted by atomic mass is 10.0. The van der Waals surface area contributed by atoms with Gasteiger partial charge >= 0.3 is 0 Å². The van der Waals surface area contributed by atoms with Gasteiger partial charge in [-0.15, -0.1) is 0 Å². The van der Waals surface area contributed by atoms with E-state index in [0.717, 1.165) is 6.54 Å². The van der Waals surface area contributed by atoms with Gasteiger partial charge < -0.3 is 5.32 Å². The Hall–Kier alpha value is -2.64. The van der Waals surface area contributed by atoms with Crippen molar-refractivity contribution < 1.29 is 4.79 Å². The van der Waals surface area contributed by atoms with E-state index in [-0.39, 0.29) is 5.91 Å². The molecule has 1 N–H and O–H groups in total. The highest BCUT2D eigenvalue weighted by Gasteiger charge is 2.08. The van der Waals surface area contributed by atoms with Crippen molar-refractivity contribution in [2.45, 2.75) is 26.3 Å². The number of likely N-dealkylation sites (N-methyl/N-ethyl adjacent to an activating group) is 1. The van der Waals surface area contributed by atoms with Gasteiger partial charge in [-0.2, -0.15) is 5.26 Å². The molecule has 1 amide bonds. The maximum absolute atomic E-state index is 12.1. The van der Waals surface area contributed by atoms with Crippen molar-refractivity contribution >= 4 is 11.6 Å². The summed E-state index contributed by atoms with van der Waals surface area (Å²) in [6, 6.07) is 17.4. The fourth-order valence-electron chi connectivity index (χ4n) is 2.45. The zero-order chi connectivity index (χ0) is 17.5. The topological polar surface area (TPSA) is 56.1 Å². The first-order chi connectivity index (χ1) is 11.5. The van der Waals surface area contributed by atoms with Crippen LogP contribution in [-0.2, 0) is 11.3 Å². The smallest absolute Gasteiger partial charge is 0.238 e. The second-order valence-electron chi connectivity index (χ2n) is 6.31. The highest BCUT2D eigenvalue weighted by atomic mass is 16.2. The normalized spacial score (nSPS) is 10.7. The minimum Gasteiger partial charge on any atom is -0.325 e. The monoisotopic (exact) mass is 321 g/mol. The van der Waals surface area contributed by atoms with Gasteiger partial charge in [0.2, 0.25) is 5.91 Å². The molecular formula is C20H23N3O. The lowest BCUT2D eigenvalue weighted by Gasteiger charge is -2.17. The van der Waals surface area contributed by atoms with Gasteiger partial charge in [0.1, 0.15) is 0 Å². The van der Waals surface area contributed by atoms with Gasteiger partial charge in [-0.25, -0.2) is 0 Å². The molecule has 0 atom stereocenters. The molecule has 4 nitrogen and oxygen atoms in total. The summed E-state index contributed by atoms with van der Waals surface area (Å²) in [7, 11) is 1.93. The van der Waals surface area contributed by atoms with Crippen LogP contribution in [0.5, 0.6) is 0 Å². The number of hydrogen-bond donors (Lipinski definition) is 1. The van der Waals surface area contributed by atoms with Crippen LogP contribution in [0.4, 0.5) is 5.69 Å². The van der Waals surface area contributed by atoms with Crippen molar-refractivity contribution in [3.63, 3.8) is 0 Å². The molecule has 0 heterocycles. The fourth-order valence-corrected chi connectivity index (χ4v) is 2.45. The second-order valence-corrected chi connectivity index (χ2v) is 6.31. The number of anilines is 1. The maximum atomic E-state index is 12.1. The number of carbonyl (C=O) groups excluding carboxylic acids is 1. The Bertz CT molecular complexity index is 712. The van der Waals surface area contributed by atoms with Crippen LogP contribution in [0.1, 0.15) is 36.5 Å². The predicted molar refractivity (Wildman–Crippen MR) is 96.7 cm³/mol. The summed E-state index contributed by atoms with van der Waals surface area (Å²) < 4.78 is 0. The molecule has 124 valence electrons. The molecule has 0 aliphatic heterocycles. The first-order valence-corrected chi connectivity index (χ1v) is 8.05. The Balaban J connectivity index is 1.85. The minimum absolute atomic E-state index is 0.0685. The lowest BCUT2D eigenvalue weighted by Crippen LogP contribution is -2.29. The van der Waals surface area contributed by atoms with E-state index in [2.05, 4.69) is 49.5 Å². The number of rotatable bonds is 6. The molecular weight excluding hydrogens is 298 g/mol. The van der Waals surface area contributed by atoms with E-state index in [1.165, 1.54) is 11.1 Å². The van der Waals surface area contributed by atoms with Crippen molar-refractivity contribution in [2.24, 2.45) is 0 Å². The highest BCUT2D eigenvalue weighted by Crippen LogP contribution is 2.15. The third kappa shape index (κ3) is 5.22. The molecule has 0 aromatic heterocycles. The zero-order valence-electron chi connectivity index (χ0n) is 14.4. The van der Waals surface area contributed by atoms with Crippen LogP contribution in [0.3, 0.4) is 0 Å². The molecule has 24 heavy (non-hydrogen) atoms. The second kappa shape index (κ2) is 8.28. The van der Waals surface area contributed by atoms with Crippen molar-refractivity contribution in [1.29, 1.82) is 5.26 Å². The van der Waals surface area contributed by atoms with Gasteiger partial charge in [-0.05, 0) is 48.4 Å². The summed E-state index contributed by atoms with van der Waals surface area (Å²) in [6.45, 7) is 5.38. The summed E-state index contributed by atoms with van der Waals surface area (Å²) in [4.78, 5) is 14.1. The van der Waals surface area contributed by atoms with E-state index in [1.807, 2.05) is 11.9 Å². The molecule has 0 spiro atoms. The van der Waals surface area contributed by atoms with Crippen molar-refractivity contribution in [1.82, 2.24) is 4.90 Å². The number of nitrogens with zero attached hydrogens (tertiary/aromatic N) is 2. The maximum Gasteiger partial charge on any atom is 0.238 e. The largest absolute Gasteiger partial charge is 0.325 e. The Morgan fingerprint density at radius 2 is 1.75 bits per heavy atom. The molecule has 4 heteroatoms. The Labute approximate surface area is 143 Å². The number of benzene rings is 2. The van der Waals surface area contributed by atoms with Crippen LogP contribution in [0.2, 0.25) is 0 Å². The average molecular weight is 321 g/mol. The molecule has 0 saturated carbocycles. The van der Waals surface area contributed by atoms with E-state index in [0.29, 0.717) is 23.7 Å². The predicted octanol–water partition coefficient (Wildman–Crippen LogP) is 3.75. The molecule has 2 rings (SSSR count). The van der Waals surface area contributed by atoms with Crippen LogP contribution in [0.15, 0.2) is 48.5 Å². The van der Waals surface area contributed by atoms with Crippen LogP contribution in [0, 0.1) is 11.3 Å². The lowest BCUT2D eigenvalue weighted by molar-refractivity contribution is -0.117. The molecule has 2 aromatic carbocycles. The average Bonchev–Trinajstić information content (AvgIpc) is 2.55. The van der Waals surface area contributed by atoms with Gasteiger partial charge in [-0.1, -0.05) is 38.1 Å². The first-order valence-electron chi connectivity index (χ1n) is 8.05. The molecule has 0 bridgehead atoms. The van der Waals surface area contributed by atoms with Crippen molar-refractivity contribution in [2.75, 3.05) is 18.9 Å². The standard InChI is InChI=1S/C20H23N3O/c1-15(2)18-8-4-17(5-9-18)13-23(3)14-20(24)22-19-10-6-16(12-21)7-11-19/h4-11,15H,13-14H2,1-3H3,(H,22,24). The van der Waals surface area contributed by atoms with E-state index in [4.69, 9.17) is 5.26 Å². The van der Waals surface area contributed by atoms with Crippen LogP contribution < -0.4 is 5.32 Å². The van der Waals surface area contributed by atoms with E-state index in [1.54, 1.807) is 24.3 Å². The third-order valence-electron chi connectivity index (χ3n) is 3.81. The minimum atomic E-state index is -0.0685. The molecule has 0 radical (unpaired) electrons. The van der Waals surface area contributed by atoms with E-state index < -0.39 is 0 Å². The summed E-state index contributed by atoms with van der Waals surface area (Å²) in [5, 5.41) is 11.6. The zero-order valence-corrected chi connectivity index (χ0v) is 14.4. The Kier molecular flexibility index (Phi) is 6.11. The van der Waals surface area contributed by atoms with E-state index >= 15 is 0 Å². The summed E-state index contributed by atoms with van der Waals surface area (Å²) in [5.41, 5.74) is 3.79. The molecule has 0 aliphatic rings. The van der Waals surface area contributed by atoms with Crippen molar-refractivity contribution in [3.8, 4) is 6.07 Å². The van der Waals surface area contributed by atoms with Crippen LogP contribution in [-0.4, -0.2) is 24.4 Å². The van der Waals surface area contributed by atoms with E-state index in [9.17, 15) is 4.79 Å². The summed E-state index contributed by atoms with van der Waals surface area (Å²) in [5.74, 6) is 0.455. The first kappa shape index (κ1) is 17.7. The highest BCUT2D eigenvalue weighted by molar-refractivity contribution is 5.92. The van der Waals surface area contributed by atoms with Gasteiger partial charge in [-0.3, -0.25) is 9.69 Å². The number of carbonyl (C=O) groups is 1. The van der Waals surface area contributed by atoms with Gasteiger partial charge in [0.25, 0.3) is 0 Å². The molecule has 2 aromatic rings. The Morgan fingerprint density at radius 1 is 1.12 bits per heavy atom. The third-order valence-corrected chi connectivity index (χ3v) is 3.81. The molecule has 0 saturated heterocycles. The summed E-state index contributed by atoms with van der Waals surface area (Å²) >= 11 is 0. The Morgan fingerprint density at radius 3 is 2.29 bits per heavy atom. The quantitative estimate of drug-likeness (QED) is 0.881. The van der Waals surface area contributed by atoms with Crippen LogP contribution >= 0.6 is 0 Å². The molecule has 0 fully saturated rings. The number of nitrogens with one attached hydrogen (secondary N) is 1. The number of amides is 1.